The summed E-state index contributed by atoms with van der Waals surface area (Å²) in [5.74, 6) is -0.119. The highest BCUT2D eigenvalue weighted by atomic mass is 32.2. The van der Waals surface area contributed by atoms with Gasteiger partial charge in [-0.3, -0.25) is 0 Å². The van der Waals surface area contributed by atoms with Crippen LogP contribution in [0.5, 0.6) is 5.75 Å². The van der Waals surface area contributed by atoms with Gasteiger partial charge in [0.1, 0.15) is 5.75 Å². The number of nitrogen functional groups attached to an aromatic ring is 1. The van der Waals surface area contributed by atoms with Crippen molar-refractivity contribution in [3.8, 4) is 5.75 Å². The zero-order valence-electron chi connectivity index (χ0n) is 9.96. The number of anilines is 1. The number of phenolic OH excluding ortho intramolecular Hbond substituents is 1. The molecule has 18 heavy (non-hydrogen) atoms. The van der Waals surface area contributed by atoms with Crippen molar-refractivity contribution in [3.05, 3.63) is 18.2 Å². The third-order valence-corrected chi connectivity index (χ3v) is 4.29. The first-order chi connectivity index (χ1) is 8.49. The Hall–Kier alpha value is -1.31. The second kappa shape index (κ2) is 5.13. The summed E-state index contributed by atoms with van der Waals surface area (Å²) in [5, 5.41) is 11.0. The molecule has 0 amide bonds. The Balaban J connectivity index is 2.16. The minimum absolute atomic E-state index is 0.0523. The number of benzene rings is 1. The van der Waals surface area contributed by atoms with Gasteiger partial charge in [-0.05, 0) is 31.0 Å². The largest absolute Gasteiger partial charge is 0.506 e. The molecule has 0 spiro atoms. The van der Waals surface area contributed by atoms with E-state index in [1.165, 1.54) is 18.2 Å². The van der Waals surface area contributed by atoms with Gasteiger partial charge in [0.2, 0.25) is 0 Å². The third-order valence-electron chi connectivity index (χ3n) is 2.91. The molecular formula is C11H17N3O3S. The maximum atomic E-state index is 12.1. The van der Waals surface area contributed by atoms with Gasteiger partial charge < -0.3 is 10.8 Å². The molecule has 1 aromatic carbocycles. The first-order valence-corrected chi connectivity index (χ1v) is 7.33. The molecule has 7 heteroatoms. The Morgan fingerprint density at radius 2 is 1.89 bits per heavy atom. The molecule has 1 aromatic rings. The smallest absolute Gasteiger partial charge is 0.253 e. The molecule has 0 aliphatic carbocycles. The van der Waals surface area contributed by atoms with Gasteiger partial charge >= 0.3 is 0 Å². The summed E-state index contributed by atoms with van der Waals surface area (Å²) in [6.07, 6.45) is 3.10. The standard InChI is InChI=1S/C11H17N3O3S/c12-10-8-9(4-5-11(10)15)18(16,17)13-14-6-2-1-3-7-14/h4-5,8,13,15H,1-3,6-7,12H2. The van der Waals surface area contributed by atoms with Crippen molar-refractivity contribution in [2.24, 2.45) is 0 Å². The van der Waals surface area contributed by atoms with Crippen molar-refractivity contribution in [2.75, 3.05) is 18.8 Å². The highest BCUT2D eigenvalue weighted by molar-refractivity contribution is 7.89. The molecule has 1 aliphatic rings. The van der Waals surface area contributed by atoms with Crippen molar-refractivity contribution in [1.29, 1.82) is 0 Å². The molecule has 1 fully saturated rings. The SMILES string of the molecule is Nc1cc(S(=O)(=O)NN2CCCCC2)ccc1O. The van der Waals surface area contributed by atoms with Gasteiger partial charge in [-0.2, -0.15) is 0 Å². The molecule has 0 unspecified atom stereocenters. The van der Waals surface area contributed by atoms with Gasteiger partial charge in [0.15, 0.2) is 0 Å². The number of piperidine rings is 1. The Morgan fingerprint density at radius 3 is 2.50 bits per heavy atom. The number of sulfonamides is 1. The number of hydrogen-bond acceptors (Lipinski definition) is 5. The van der Waals surface area contributed by atoms with Crippen molar-refractivity contribution >= 4 is 15.7 Å². The van der Waals surface area contributed by atoms with Crippen LogP contribution in [0.25, 0.3) is 0 Å². The molecule has 6 nitrogen and oxygen atoms in total. The second-order valence-electron chi connectivity index (χ2n) is 4.36. The Labute approximate surface area is 106 Å². The number of hydrogen-bond donors (Lipinski definition) is 3. The fourth-order valence-corrected chi connectivity index (χ4v) is 3.06. The van der Waals surface area contributed by atoms with Gasteiger partial charge in [0.25, 0.3) is 10.0 Å². The molecule has 0 saturated carbocycles. The zero-order valence-corrected chi connectivity index (χ0v) is 10.8. The van der Waals surface area contributed by atoms with E-state index in [-0.39, 0.29) is 16.3 Å². The van der Waals surface area contributed by atoms with Crippen molar-refractivity contribution < 1.29 is 13.5 Å². The highest BCUT2D eigenvalue weighted by Gasteiger charge is 2.20. The van der Waals surface area contributed by atoms with E-state index < -0.39 is 10.0 Å². The summed E-state index contributed by atoms with van der Waals surface area (Å²) in [5.41, 5.74) is 5.55. The van der Waals surface area contributed by atoms with Crippen LogP contribution in [0.15, 0.2) is 23.1 Å². The van der Waals surface area contributed by atoms with E-state index in [1.54, 1.807) is 5.01 Å². The first-order valence-electron chi connectivity index (χ1n) is 5.85. The Bertz CT molecular complexity index is 524. The maximum Gasteiger partial charge on any atom is 0.253 e. The van der Waals surface area contributed by atoms with E-state index in [0.717, 1.165) is 19.3 Å². The quantitative estimate of drug-likeness (QED) is 0.554. The van der Waals surface area contributed by atoms with Gasteiger partial charge in [-0.25, -0.2) is 13.4 Å². The van der Waals surface area contributed by atoms with Crippen LogP contribution in [0, 0.1) is 0 Å². The molecule has 2 rings (SSSR count). The number of rotatable bonds is 3. The molecule has 1 saturated heterocycles. The molecule has 0 aromatic heterocycles. The van der Waals surface area contributed by atoms with Crippen LogP contribution in [-0.4, -0.2) is 31.6 Å². The monoisotopic (exact) mass is 271 g/mol. The van der Waals surface area contributed by atoms with Crippen LogP contribution in [0.1, 0.15) is 19.3 Å². The summed E-state index contributed by atoms with van der Waals surface area (Å²) in [7, 11) is -3.61. The van der Waals surface area contributed by atoms with Crippen molar-refractivity contribution in [3.63, 3.8) is 0 Å². The molecular weight excluding hydrogens is 254 g/mol. The summed E-state index contributed by atoms with van der Waals surface area (Å²) in [4.78, 5) is 2.59. The van der Waals surface area contributed by atoms with E-state index in [0.29, 0.717) is 13.1 Å². The second-order valence-corrected chi connectivity index (χ2v) is 6.02. The molecule has 1 aliphatic heterocycles. The Kier molecular flexibility index (Phi) is 3.74. The average molecular weight is 271 g/mol. The first kappa shape index (κ1) is 13.1. The number of aromatic hydroxyl groups is 1. The topological polar surface area (TPSA) is 95.7 Å². The van der Waals surface area contributed by atoms with E-state index in [1.807, 2.05) is 0 Å². The fraction of sp³-hybridized carbons (Fsp3) is 0.455. The summed E-state index contributed by atoms with van der Waals surface area (Å²) >= 11 is 0. The minimum Gasteiger partial charge on any atom is -0.506 e. The predicted molar refractivity (Wildman–Crippen MR) is 68.3 cm³/mol. The van der Waals surface area contributed by atoms with Gasteiger partial charge in [-0.1, -0.05) is 6.42 Å². The summed E-state index contributed by atoms with van der Waals surface area (Å²) in [6, 6.07) is 3.86. The predicted octanol–water partition coefficient (Wildman–Crippen LogP) is 0.654. The molecule has 0 bridgehead atoms. The lowest BCUT2D eigenvalue weighted by Gasteiger charge is -2.26. The van der Waals surface area contributed by atoms with Crippen molar-refractivity contribution in [2.45, 2.75) is 24.2 Å². The lowest BCUT2D eigenvalue weighted by Crippen LogP contribution is -2.44. The summed E-state index contributed by atoms with van der Waals surface area (Å²) < 4.78 is 24.1. The van der Waals surface area contributed by atoms with Gasteiger partial charge in [0, 0.05) is 13.1 Å². The average Bonchev–Trinajstić information content (AvgIpc) is 2.33. The van der Waals surface area contributed by atoms with Crippen LogP contribution in [0.4, 0.5) is 5.69 Å². The molecule has 0 atom stereocenters. The summed E-state index contributed by atoms with van der Waals surface area (Å²) in [6.45, 7) is 1.43. The van der Waals surface area contributed by atoms with Crippen LogP contribution in [-0.2, 0) is 10.0 Å². The van der Waals surface area contributed by atoms with E-state index >= 15 is 0 Å². The van der Waals surface area contributed by atoms with Gasteiger partial charge in [0.05, 0.1) is 10.6 Å². The molecule has 100 valence electrons. The van der Waals surface area contributed by atoms with Crippen LogP contribution in [0.2, 0.25) is 0 Å². The maximum absolute atomic E-state index is 12.1. The number of nitrogens with one attached hydrogen (secondary N) is 1. The molecule has 4 N–H and O–H groups in total. The fourth-order valence-electron chi connectivity index (χ4n) is 1.91. The van der Waals surface area contributed by atoms with E-state index in [4.69, 9.17) is 5.73 Å². The highest BCUT2D eigenvalue weighted by Crippen LogP contribution is 2.23. The Morgan fingerprint density at radius 1 is 1.22 bits per heavy atom. The number of nitrogens with two attached hydrogens (primary N) is 1. The van der Waals surface area contributed by atoms with E-state index in [2.05, 4.69) is 4.83 Å². The normalized spacial score (nSPS) is 17.8. The number of nitrogens with zero attached hydrogens (tertiary/aromatic N) is 1. The van der Waals surface area contributed by atoms with Crippen LogP contribution in [0.3, 0.4) is 0 Å². The number of hydrazine groups is 1. The van der Waals surface area contributed by atoms with E-state index in [9.17, 15) is 13.5 Å². The number of phenols is 1. The van der Waals surface area contributed by atoms with Gasteiger partial charge in [-0.15, -0.1) is 4.83 Å². The van der Waals surface area contributed by atoms with Crippen molar-refractivity contribution in [1.82, 2.24) is 9.84 Å². The lowest BCUT2D eigenvalue weighted by atomic mass is 10.2. The minimum atomic E-state index is -3.61. The van der Waals surface area contributed by atoms with Crippen LogP contribution < -0.4 is 10.6 Å². The molecule has 0 radical (unpaired) electrons. The molecule has 1 heterocycles. The van der Waals surface area contributed by atoms with Crippen LogP contribution >= 0.6 is 0 Å². The lowest BCUT2D eigenvalue weighted by molar-refractivity contribution is 0.200. The zero-order chi connectivity index (χ0) is 13.2. The third kappa shape index (κ3) is 2.92.